The van der Waals surface area contributed by atoms with E-state index in [1.165, 1.54) is 11.1 Å². The Morgan fingerprint density at radius 2 is 1.85 bits per heavy atom. The molecule has 0 bridgehead atoms. The molecule has 3 nitrogen and oxygen atoms in total. The Labute approximate surface area is 173 Å². The van der Waals surface area contributed by atoms with Gasteiger partial charge in [0, 0.05) is 13.1 Å². The van der Waals surface area contributed by atoms with E-state index < -0.39 is 0 Å². The van der Waals surface area contributed by atoms with Crippen LogP contribution in [0.5, 0.6) is 0 Å². The maximum Gasteiger partial charge on any atom is 0.267 e. The van der Waals surface area contributed by atoms with Gasteiger partial charge in [-0.1, -0.05) is 58.9 Å². The van der Waals surface area contributed by atoms with Crippen LogP contribution < -0.4 is 5.32 Å². The van der Waals surface area contributed by atoms with Gasteiger partial charge in [-0.15, -0.1) is 11.3 Å². The summed E-state index contributed by atoms with van der Waals surface area (Å²) in [7, 11) is 0. The number of aromatic nitrogens is 1. The second-order valence-electron chi connectivity index (χ2n) is 8.47. The summed E-state index contributed by atoms with van der Waals surface area (Å²) in [5.74, 6) is 0.423. The number of carbonyl (C=O) groups is 1. The lowest BCUT2D eigenvalue weighted by atomic mass is 9.87. The van der Waals surface area contributed by atoms with Crippen molar-refractivity contribution < 1.29 is 4.79 Å². The number of fused-ring (bicyclic) bond motifs is 1. The normalized spacial score (nSPS) is 12.1. The molecule has 0 atom stereocenters. The van der Waals surface area contributed by atoms with Crippen LogP contribution in [0.4, 0.5) is 0 Å². The Hall–Kier alpha value is -1.59. The number of nitrogens with one attached hydrogen (secondary N) is 1. The molecule has 1 aromatic carbocycles. The van der Waals surface area contributed by atoms with Crippen molar-refractivity contribution >= 4 is 43.4 Å². The van der Waals surface area contributed by atoms with Gasteiger partial charge in [0.25, 0.3) is 5.91 Å². The van der Waals surface area contributed by atoms with E-state index in [0.717, 1.165) is 19.7 Å². The molecule has 0 aliphatic rings. The third kappa shape index (κ3) is 4.64. The lowest BCUT2D eigenvalue weighted by Gasteiger charge is -2.19. The molecule has 0 saturated heterocycles. The van der Waals surface area contributed by atoms with E-state index in [2.05, 4.69) is 90.8 Å². The first-order valence-corrected chi connectivity index (χ1v) is 10.9. The highest BCUT2D eigenvalue weighted by Crippen LogP contribution is 2.33. The number of halogens is 1. The number of carbonyl (C=O) groups excluding carboxylic acids is 1. The van der Waals surface area contributed by atoms with Crippen LogP contribution in [0.25, 0.3) is 10.2 Å². The highest BCUT2D eigenvalue weighted by atomic mass is 79.9. The summed E-state index contributed by atoms with van der Waals surface area (Å²) in [5.41, 5.74) is 4.47. The molecule has 144 valence electrons. The maximum absolute atomic E-state index is 12.8. The van der Waals surface area contributed by atoms with Crippen molar-refractivity contribution in [1.29, 1.82) is 0 Å². The van der Waals surface area contributed by atoms with Crippen LogP contribution >= 0.6 is 27.3 Å². The van der Waals surface area contributed by atoms with Crippen molar-refractivity contribution in [2.45, 2.75) is 46.6 Å². The minimum Gasteiger partial charge on any atom is -0.351 e. The van der Waals surface area contributed by atoms with Gasteiger partial charge in [-0.05, 0) is 50.5 Å². The molecular weight excluding hydrogens is 420 g/mol. The van der Waals surface area contributed by atoms with Crippen molar-refractivity contribution in [2.75, 3.05) is 6.54 Å². The molecule has 3 rings (SSSR count). The van der Waals surface area contributed by atoms with Gasteiger partial charge in [-0.3, -0.25) is 4.79 Å². The van der Waals surface area contributed by atoms with E-state index in [4.69, 9.17) is 0 Å². The second-order valence-corrected chi connectivity index (χ2v) is 10.9. The summed E-state index contributed by atoms with van der Waals surface area (Å²) >= 11 is 5.23. The summed E-state index contributed by atoms with van der Waals surface area (Å²) < 4.78 is 4.33. The Balaban J connectivity index is 1.94. The quantitative estimate of drug-likeness (QED) is 0.497. The SMILES string of the molecule is CC(C)CNC(=O)c1cc2sc(Br)cc2n1Cc1ccc(C(C)(C)C)cc1. The number of thiophene rings is 1. The highest BCUT2D eigenvalue weighted by Gasteiger charge is 2.18. The zero-order chi connectivity index (χ0) is 19.8. The van der Waals surface area contributed by atoms with E-state index >= 15 is 0 Å². The Morgan fingerprint density at radius 1 is 1.19 bits per heavy atom. The fourth-order valence-corrected chi connectivity index (χ4v) is 4.62. The smallest absolute Gasteiger partial charge is 0.267 e. The van der Waals surface area contributed by atoms with Crippen LogP contribution in [-0.4, -0.2) is 17.0 Å². The van der Waals surface area contributed by atoms with Crippen molar-refractivity contribution in [3.8, 4) is 0 Å². The van der Waals surface area contributed by atoms with Crippen molar-refractivity contribution in [3.63, 3.8) is 0 Å². The van der Waals surface area contributed by atoms with Gasteiger partial charge in [-0.25, -0.2) is 0 Å². The van der Waals surface area contributed by atoms with Gasteiger partial charge in [0.1, 0.15) is 5.69 Å². The first-order valence-electron chi connectivity index (χ1n) is 9.31. The molecule has 27 heavy (non-hydrogen) atoms. The number of hydrogen-bond acceptors (Lipinski definition) is 2. The van der Waals surface area contributed by atoms with Crippen LogP contribution in [0.1, 0.15) is 56.2 Å². The molecule has 0 radical (unpaired) electrons. The fraction of sp³-hybridized carbons (Fsp3) is 0.409. The molecule has 0 spiro atoms. The molecule has 2 aromatic heterocycles. The molecule has 3 aromatic rings. The molecule has 0 saturated carbocycles. The summed E-state index contributed by atoms with van der Waals surface area (Å²) in [6, 6.07) is 12.8. The minimum atomic E-state index is -0.00506. The van der Waals surface area contributed by atoms with Crippen LogP contribution in [-0.2, 0) is 12.0 Å². The molecule has 2 heterocycles. The summed E-state index contributed by atoms with van der Waals surface area (Å²) in [6.07, 6.45) is 0. The van der Waals surface area contributed by atoms with Gasteiger partial charge in [0.05, 0.1) is 14.0 Å². The van der Waals surface area contributed by atoms with E-state index in [-0.39, 0.29) is 11.3 Å². The topological polar surface area (TPSA) is 34.0 Å². The predicted octanol–water partition coefficient (Wildman–Crippen LogP) is 6.20. The summed E-state index contributed by atoms with van der Waals surface area (Å²) in [5, 5.41) is 3.05. The molecule has 1 N–H and O–H groups in total. The van der Waals surface area contributed by atoms with Crippen molar-refractivity contribution in [1.82, 2.24) is 9.88 Å². The highest BCUT2D eigenvalue weighted by molar-refractivity contribution is 9.11. The van der Waals surface area contributed by atoms with Crippen LogP contribution in [0, 0.1) is 5.92 Å². The van der Waals surface area contributed by atoms with Crippen LogP contribution in [0.15, 0.2) is 40.2 Å². The summed E-state index contributed by atoms with van der Waals surface area (Å²) in [6.45, 7) is 12.2. The number of hydrogen-bond donors (Lipinski definition) is 1. The van der Waals surface area contributed by atoms with Crippen molar-refractivity contribution in [3.05, 3.63) is 57.0 Å². The van der Waals surface area contributed by atoms with E-state index in [1.807, 2.05) is 6.07 Å². The third-order valence-corrected chi connectivity index (χ3v) is 6.20. The number of nitrogens with zero attached hydrogens (tertiary/aromatic N) is 1. The summed E-state index contributed by atoms with van der Waals surface area (Å²) in [4.78, 5) is 12.8. The van der Waals surface area contributed by atoms with Gasteiger partial charge < -0.3 is 9.88 Å². The van der Waals surface area contributed by atoms with Gasteiger partial charge in [0.2, 0.25) is 0 Å². The average Bonchev–Trinajstić information content (AvgIpc) is 3.09. The van der Waals surface area contributed by atoms with Crippen molar-refractivity contribution in [2.24, 2.45) is 5.92 Å². The average molecular weight is 447 g/mol. The van der Waals surface area contributed by atoms with Gasteiger partial charge >= 0.3 is 0 Å². The first-order chi connectivity index (χ1) is 12.6. The molecule has 0 unspecified atom stereocenters. The molecule has 0 aliphatic carbocycles. The van der Waals surface area contributed by atoms with E-state index in [9.17, 15) is 4.79 Å². The first kappa shape index (κ1) is 20.2. The number of amides is 1. The zero-order valence-electron chi connectivity index (χ0n) is 16.6. The Kier molecular flexibility index (Phi) is 5.82. The monoisotopic (exact) mass is 446 g/mol. The second kappa shape index (κ2) is 7.80. The van der Waals surface area contributed by atoms with E-state index in [0.29, 0.717) is 19.0 Å². The Bertz CT molecular complexity index is 945. The maximum atomic E-state index is 12.8. The number of benzene rings is 1. The van der Waals surface area contributed by atoms with Crippen LogP contribution in [0.3, 0.4) is 0 Å². The third-order valence-electron chi connectivity index (χ3n) is 4.62. The van der Waals surface area contributed by atoms with Crippen LogP contribution in [0.2, 0.25) is 0 Å². The molecule has 1 amide bonds. The molecule has 0 fully saturated rings. The fourth-order valence-electron chi connectivity index (χ4n) is 3.05. The molecule has 0 aliphatic heterocycles. The molecular formula is C22H27BrN2OS. The van der Waals surface area contributed by atoms with Gasteiger partial charge in [0.15, 0.2) is 0 Å². The minimum absolute atomic E-state index is 0.00506. The standard InChI is InChI=1S/C22H27BrN2OS/c1-14(2)12-24-21(26)18-10-19-17(11-20(23)27-19)25(18)13-15-6-8-16(9-7-15)22(3,4)5/h6-11,14H,12-13H2,1-5H3,(H,24,26). The number of rotatable bonds is 5. The Morgan fingerprint density at radius 3 is 2.44 bits per heavy atom. The predicted molar refractivity (Wildman–Crippen MR) is 119 cm³/mol. The molecule has 5 heteroatoms. The zero-order valence-corrected chi connectivity index (χ0v) is 19.0. The van der Waals surface area contributed by atoms with E-state index in [1.54, 1.807) is 11.3 Å². The lowest BCUT2D eigenvalue weighted by Crippen LogP contribution is -2.29. The van der Waals surface area contributed by atoms with Gasteiger partial charge in [-0.2, -0.15) is 0 Å². The lowest BCUT2D eigenvalue weighted by molar-refractivity contribution is 0.0940. The largest absolute Gasteiger partial charge is 0.351 e.